The summed E-state index contributed by atoms with van der Waals surface area (Å²) in [5, 5.41) is 3.52. The number of amides is 2. The van der Waals surface area contributed by atoms with Crippen LogP contribution in [-0.4, -0.2) is 11.8 Å². The average Bonchev–Trinajstić information content (AvgIpc) is 2.51. The number of aryl methyl sites for hydroxylation is 1. The molecule has 1 aliphatic carbocycles. The molecule has 0 saturated heterocycles. The van der Waals surface area contributed by atoms with E-state index in [0.717, 1.165) is 31.2 Å². The molecule has 1 aromatic heterocycles. The molecule has 0 spiro atoms. The van der Waals surface area contributed by atoms with Gasteiger partial charge < -0.3 is 11.1 Å². The number of anilines is 1. The molecule has 110 valence electrons. The van der Waals surface area contributed by atoms with Gasteiger partial charge in [0.1, 0.15) is 5.00 Å². The second kappa shape index (κ2) is 5.56. The normalized spacial score (nSPS) is 15.3. The van der Waals surface area contributed by atoms with Crippen LogP contribution in [0.4, 0.5) is 5.00 Å². The van der Waals surface area contributed by atoms with Crippen molar-refractivity contribution in [3.05, 3.63) is 16.0 Å². The van der Waals surface area contributed by atoms with Crippen LogP contribution in [-0.2, 0) is 17.6 Å². The highest BCUT2D eigenvalue weighted by Crippen LogP contribution is 2.37. The van der Waals surface area contributed by atoms with Crippen molar-refractivity contribution in [2.24, 2.45) is 11.1 Å². The number of nitrogens with one attached hydrogen (secondary N) is 1. The van der Waals surface area contributed by atoms with E-state index in [0.29, 0.717) is 10.6 Å². The summed E-state index contributed by atoms with van der Waals surface area (Å²) in [6, 6.07) is 0. The van der Waals surface area contributed by atoms with Crippen molar-refractivity contribution in [2.75, 3.05) is 5.32 Å². The summed E-state index contributed by atoms with van der Waals surface area (Å²) in [4.78, 5) is 25.1. The minimum absolute atomic E-state index is 0.0867. The Balaban J connectivity index is 2.38. The lowest BCUT2D eigenvalue weighted by atomic mass is 9.95. The standard InChI is InChI=1S/C15H22N2O2S/c1-15(2,3)14(19)17-13-11(12(16)18)9-7-5-4-6-8-10(9)20-13/h4-8H2,1-3H3,(H2,16,18)(H,17,19). The van der Waals surface area contributed by atoms with Gasteiger partial charge in [-0.2, -0.15) is 0 Å². The average molecular weight is 294 g/mol. The van der Waals surface area contributed by atoms with Crippen molar-refractivity contribution in [3.8, 4) is 0 Å². The van der Waals surface area contributed by atoms with E-state index >= 15 is 0 Å². The summed E-state index contributed by atoms with van der Waals surface area (Å²) in [6.07, 6.45) is 5.26. The summed E-state index contributed by atoms with van der Waals surface area (Å²) in [7, 11) is 0. The molecule has 5 heteroatoms. The molecule has 0 radical (unpaired) electrons. The van der Waals surface area contributed by atoms with E-state index in [1.807, 2.05) is 20.8 Å². The molecule has 4 nitrogen and oxygen atoms in total. The van der Waals surface area contributed by atoms with Crippen molar-refractivity contribution in [2.45, 2.75) is 52.9 Å². The zero-order valence-corrected chi connectivity index (χ0v) is 13.2. The number of primary amides is 1. The molecule has 1 aromatic rings. The van der Waals surface area contributed by atoms with Crippen molar-refractivity contribution in [3.63, 3.8) is 0 Å². The molecular formula is C15H22N2O2S. The Hall–Kier alpha value is -1.36. The minimum atomic E-state index is -0.490. The molecule has 0 bridgehead atoms. The zero-order chi connectivity index (χ0) is 14.9. The van der Waals surface area contributed by atoms with Gasteiger partial charge in [0.25, 0.3) is 5.91 Å². The SMILES string of the molecule is CC(C)(C)C(=O)Nc1sc2c(c1C(N)=O)CCCCC2. The van der Waals surface area contributed by atoms with Gasteiger partial charge in [0.05, 0.1) is 5.56 Å². The molecule has 0 unspecified atom stereocenters. The van der Waals surface area contributed by atoms with Gasteiger partial charge in [-0.3, -0.25) is 9.59 Å². The largest absolute Gasteiger partial charge is 0.365 e. The van der Waals surface area contributed by atoms with Gasteiger partial charge in [-0.05, 0) is 31.2 Å². The van der Waals surface area contributed by atoms with Crippen molar-refractivity contribution >= 4 is 28.2 Å². The first-order valence-electron chi connectivity index (χ1n) is 7.06. The summed E-state index contributed by atoms with van der Waals surface area (Å²) in [5.41, 5.74) is 6.64. The quantitative estimate of drug-likeness (QED) is 0.823. The summed E-state index contributed by atoms with van der Waals surface area (Å²) in [5.74, 6) is -0.523. The Morgan fingerprint density at radius 3 is 2.40 bits per heavy atom. The second-order valence-electron chi connectivity index (χ2n) is 6.34. The number of fused-ring (bicyclic) bond motifs is 1. The fraction of sp³-hybridized carbons (Fsp3) is 0.600. The van der Waals surface area contributed by atoms with E-state index in [2.05, 4.69) is 5.32 Å². The van der Waals surface area contributed by atoms with Gasteiger partial charge in [-0.1, -0.05) is 27.2 Å². The highest BCUT2D eigenvalue weighted by atomic mass is 32.1. The first-order valence-corrected chi connectivity index (χ1v) is 7.88. The zero-order valence-electron chi connectivity index (χ0n) is 12.3. The lowest BCUT2D eigenvalue weighted by Crippen LogP contribution is -2.28. The third-order valence-corrected chi connectivity index (χ3v) is 4.78. The van der Waals surface area contributed by atoms with Crippen LogP contribution in [0, 0.1) is 5.41 Å². The first kappa shape index (κ1) is 15.0. The topological polar surface area (TPSA) is 72.2 Å². The third kappa shape index (κ3) is 3.03. The molecular weight excluding hydrogens is 272 g/mol. The van der Waals surface area contributed by atoms with E-state index in [4.69, 9.17) is 5.73 Å². The first-order chi connectivity index (χ1) is 9.30. The second-order valence-corrected chi connectivity index (χ2v) is 7.44. The molecule has 2 amide bonds. The number of hydrogen-bond donors (Lipinski definition) is 2. The van der Waals surface area contributed by atoms with E-state index in [-0.39, 0.29) is 5.91 Å². The van der Waals surface area contributed by atoms with Crippen LogP contribution in [0.1, 0.15) is 60.8 Å². The fourth-order valence-corrected chi connectivity index (χ4v) is 3.67. The van der Waals surface area contributed by atoms with Crippen LogP contribution < -0.4 is 11.1 Å². The molecule has 1 heterocycles. The predicted molar refractivity (Wildman–Crippen MR) is 82.2 cm³/mol. The molecule has 3 N–H and O–H groups in total. The maximum atomic E-state index is 12.1. The monoisotopic (exact) mass is 294 g/mol. The molecule has 0 aliphatic heterocycles. The predicted octanol–water partition coefficient (Wildman–Crippen LogP) is 3.10. The summed E-state index contributed by atoms with van der Waals surface area (Å²) < 4.78 is 0. The third-order valence-electron chi connectivity index (χ3n) is 3.58. The Morgan fingerprint density at radius 2 is 1.80 bits per heavy atom. The van der Waals surface area contributed by atoms with Crippen LogP contribution in [0.25, 0.3) is 0 Å². The van der Waals surface area contributed by atoms with Crippen LogP contribution in [0.3, 0.4) is 0 Å². The maximum absolute atomic E-state index is 12.1. The van der Waals surface area contributed by atoms with Gasteiger partial charge >= 0.3 is 0 Å². The van der Waals surface area contributed by atoms with E-state index in [1.54, 1.807) is 0 Å². The van der Waals surface area contributed by atoms with E-state index in [1.165, 1.54) is 22.6 Å². The fourth-order valence-electron chi connectivity index (χ4n) is 2.38. The molecule has 0 saturated carbocycles. The van der Waals surface area contributed by atoms with Crippen molar-refractivity contribution in [1.29, 1.82) is 0 Å². The van der Waals surface area contributed by atoms with Crippen LogP contribution in [0.5, 0.6) is 0 Å². The summed E-state index contributed by atoms with van der Waals surface area (Å²) in [6.45, 7) is 5.56. The van der Waals surface area contributed by atoms with E-state index in [9.17, 15) is 9.59 Å². The number of hydrogen-bond acceptors (Lipinski definition) is 3. The maximum Gasteiger partial charge on any atom is 0.251 e. The molecule has 0 aromatic carbocycles. The van der Waals surface area contributed by atoms with Gasteiger partial charge in [0.2, 0.25) is 5.91 Å². The number of nitrogens with two attached hydrogens (primary N) is 1. The van der Waals surface area contributed by atoms with Crippen molar-refractivity contribution < 1.29 is 9.59 Å². The van der Waals surface area contributed by atoms with Gasteiger partial charge in [0.15, 0.2) is 0 Å². The molecule has 1 aliphatic rings. The van der Waals surface area contributed by atoms with E-state index < -0.39 is 11.3 Å². The highest BCUT2D eigenvalue weighted by Gasteiger charge is 2.27. The Labute approximate surface area is 123 Å². The van der Waals surface area contributed by atoms with Crippen LogP contribution in [0.15, 0.2) is 0 Å². The molecule has 20 heavy (non-hydrogen) atoms. The number of carbonyl (C=O) groups is 2. The lowest BCUT2D eigenvalue weighted by molar-refractivity contribution is -0.123. The smallest absolute Gasteiger partial charge is 0.251 e. The van der Waals surface area contributed by atoms with Crippen molar-refractivity contribution in [1.82, 2.24) is 0 Å². The molecule has 0 fully saturated rings. The Morgan fingerprint density at radius 1 is 1.15 bits per heavy atom. The van der Waals surface area contributed by atoms with Gasteiger partial charge in [-0.15, -0.1) is 11.3 Å². The highest BCUT2D eigenvalue weighted by molar-refractivity contribution is 7.17. The number of rotatable bonds is 2. The molecule has 2 rings (SSSR count). The van der Waals surface area contributed by atoms with Gasteiger partial charge in [-0.25, -0.2) is 0 Å². The lowest BCUT2D eigenvalue weighted by Gasteiger charge is -2.17. The van der Waals surface area contributed by atoms with Crippen LogP contribution in [0.2, 0.25) is 0 Å². The Bertz CT molecular complexity index is 541. The van der Waals surface area contributed by atoms with Crippen LogP contribution >= 0.6 is 11.3 Å². The Kier molecular flexibility index (Phi) is 4.18. The number of carbonyl (C=O) groups excluding carboxylic acids is 2. The summed E-state index contributed by atoms with van der Waals surface area (Å²) >= 11 is 1.52. The molecule has 0 atom stereocenters. The number of thiophene rings is 1. The van der Waals surface area contributed by atoms with Gasteiger partial charge in [0, 0.05) is 10.3 Å². The minimum Gasteiger partial charge on any atom is -0.365 e.